The number of para-hydroxylation sites is 1. The van der Waals surface area contributed by atoms with E-state index in [9.17, 15) is 9.59 Å². The molecule has 0 spiro atoms. The van der Waals surface area contributed by atoms with Gasteiger partial charge in [0.05, 0.1) is 51.2 Å². The molecule has 0 aliphatic carbocycles. The minimum Gasteiger partial charge on any atom is -0.491 e. The van der Waals surface area contributed by atoms with Crippen LogP contribution in [0.15, 0.2) is 86.2 Å². The van der Waals surface area contributed by atoms with Gasteiger partial charge in [-0.3, -0.25) is 9.36 Å². The molecule has 242 valence electrons. The molecule has 0 saturated carbocycles. The summed E-state index contributed by atoms with van der Waals surface area (Å²) in [7, 11) is 0. The van der Waals surface area contributed by atoms with Crippen LogP contribution in [0.25, 0.3) is 6.08 Å². The lowest BCUT2D eigenvalue weighted by Crippen LogP contribution is -2.40. The van der Waals surface area contributed by atoms with E-state index in [-0.39, 0.29) is 30.5 Å². The average Bonchev–Trinajstić information content (AvgIpc) is 3.34. The predicted octanol–water partition coefficient (Wildman–Crippen LogP) is 6.20. The fourth-order valence-corrected chi connectivity index (χ4v) is 6.83. The first-order valence-electron chi connectivity index (χ1n) is 15.2. The van der Waals surface area contributed by atoms with Gasteiger partial charge in [0.1, 0.15) is 18.4 Å². The van der Waals surface area contributed by atoms with E-state index < -0.39 is 12.0 Å². The van der Waals surface area contributed by atoms with Gasteiger partial charge in [-0.15, -0.1) is 0 Å². The highest BCUT2D eigenvalue weighted by molar-refractivity contribution is 9.10. The second-order valence-corrected chi connectivity index (χ2v) is 12.7. The van der Waals surface area contributed by atoms with E-state index in [4.69, 9.17) is 29.2 Å². The van der Waals surface area contributed by atoms with E-state index in [1.165, 1.54) is 11.3 Å². The van der Waals surface area contributed by atoms with Crippen LogP contribution >= 0.6 is 27.3 Å². The molecule has 9 nitrogen and oxygen atoms in total. The van der Waals surface area contributed by atoms with E-state index in [2.05, 4.69) is 22.0 Å². The monoisotopic (exact) mass is 715 g/mol. The molecule has 1 aliphatic heterocycles. The number of rotatable bonds is 11. The summed E-state index contributed by atoms with van der Waals surface area (Å²) < 4.78 is 26.3. The van der Waals surface area contributed by atoms with Gasteiger partial charge in [-0.2, -0.15) is 5.26 Å². The van der Waals surface area contributed by atoms with Crippen LogP contribution in [-0.4, -0.2) is 29.9 Å². The molecular formula is C36H34BrN3O6S. The number of carbonyl (C=O) groups is 1. The summed E-state index contributed by atoms with van der Waals surface area (Å²) in [5, 5.41) is 9.08. The maximum atomic E-state index is 14.2. The highest BCUT2D eigenvalue weighted by Gasteiger charge is 2.35. The smallest absolute Gasteiger partial charge is 0.338 e. The van der Waals surface area contributed by atoms with Crippen molar-refractivity contribution in [2.24, 2.45) is 4.99 Å². The summed E-state index contributed by atoms with van der Waals surface area (Å²) in [5.74, 6) is 1.06. The zero-order chi connectivity index (χ0) is 33.7. The summed E-state index contributed by atoms with van der Waals surface area (Å²) >= 11 is 4.87. The quantitative estimate of drug-likeness (QED) is 0.170. The van der Waals surface area contributed by atoms with E-state index in [1.807, 2.05) is 69.3 Å². The highest BCUT2D eigenvalue weighted by Crippen LogP contribution is 2.38. The Kier molecular flexibility index (Phi) is 10.6. The third-order valence-electron chi connectivity index (χ3n) is 7.19. The molecule has 0 radical (unpaired) electrons. The Bertz CT molecular complexity index is 2060. The van der Waals surface area contributed by atoms with Crippen molar-refractivity contribution < 1.29 is 23.7 Å². The number of thiazole rings is 1. The van der Waals surface area contributed by atoms with Gasteiger partial charge in [0, 0.05) is 5.56 Å². The maximum Gasteiger partial charge on any atom is 0.338 e. The molecule has 3 aromatic carbocycles. The fourth-order valence-electron chi connectivity index (χ4n) is 5.21. The second kappa shape index (κ2) is 14.8. The van der Waals surface area contributed by atoms with Gasteiger partial charge in [0.25, 0.3) is 5.56 Å². The number of allylic oxidation sites excluding steroid dienone is 1. The normalized spacial score (nSPS) is 14.3. The molecule has 0 amide bonds. The van der Waals surface area contributed by atoms with Crippen LogP contribution in [-0.2, 0) is 16.1 Å². The minimum atomic E-state index is -0.800. The fraction of sp³-hybridized carbons (Fsp3) is 0.278. The summed E-state index contributed by atoms with van der Waals surface area (Å²) in [4.78, 5) is 32.7. The molecule has 1 atom stereocenters. The van der Waals surface area contributed by atoms with Crippen LogP contribution in [0.5, 0.6) is 17.2 Å². The first kappa shape index (κ1) is 33.7. The molecule has 0 fully saturated rings. The zero-order valence-electron chi connectivity index (χ0n) is 26.7. The van der Waals surface area contributed by atoms with Gasteiger partial charge in [0.15, 0.2) is 16.3 Å². The summed E-state index contributed by atoms with van der Waals surface area (Å²) in [5.41, 5.74) is 3.31. The number of hydrogen-bond donors (Lipinski definition) is 0. The van der Waals surface area contributed by atoms with Crippen LogP contribution in [0.1, 0.15) is 62.9 Å². The van der Waals surface area contributed by atoms with E-state index >= 15 is 0 Å². The van der Waals surface area contributed by atoms with Gasteiger partial charge >= 0.3 is 5.97 Å². The molecule has 1 aliphatic rings. The van der Waals surface area contributed by atoms with Crippen molar-refractivity contribution in [2.75, 3.05) is 13.2 Å². The van der Waals surface area contributed by atoms with Gasteiger partial charge in [-0.1, -0.05) is 41.7 Å². The van der Waals surface area contributed by atoms with Gasteiger partial charge in [-0.05, 0) is 98.1 Å². The third-order valence-corrected chi connectivity index (χ3v) is 8.76. The first-order valence-corrected chi connectivity index (χ1v) is 16.8. The van der Waals surface area contributed by atoms with Crippen LogP contribution in [0.4, 0.5) is 0 Å². The number of carbonyl (C=O) groups excluding carboxylic acids is 1. The van der Waals surface area contributed by atoms with Crippen molar-refractivity contribution >= 4 is 39.3 Å². The van der Waals surface area contributed by atoms with E-state index in [0.29, 0.717) is 60.0 Å². The number of nitrogens with zero attached hydrogens (tertiary/aromatic N) is 3. The number of nitriles is 1. The van der Waals surface area contributed by atoms with Crippen molar-refractivity contribution in [3.05, 3.63) is 118 Å². The molecule has 0 unspecified atom stereocenters. The van der Waals surface area contributed by atoms with Gasteiger partial charge in [-0.25, -0.2) is 9.79 Å². The van der Waals surface area contributed by atoms with Crippen LogP contribution in [0.2, 0.25) is 0 Å². The maximum absolute atomic E-state index is 14.2. The van der Waals surface area contributed by atoms with Gasteiger partial charge in [0.2, 0.25) is 0 Å². The number of halogens is 1. The molecule has 5 rings (SSSR count). The SMILES string of the molecule is CCOC(=O)C1=C(C)N=c2s/c(=C\c3cc(Br)c(OCc4ccc(C#N)cc4)c(OCC)c3)c(=O)n2[C@@H]1c1ccccc1OC(C)C. The standard InChI is InChI=1S/C36H34BrN3O6S/c1-6-43-29-17-25(16-27(37)33(29)45-20-24-14-12-23(19-38)13-15-24)18-30-34(41)40-32(26-10-8-9-11-28(26)46-21(3)4)31(35(42)44-7-2)22(5)39-36(40)47-30/h8-18,21,32H,6-7,20H2,1-5H3/b30-18-/t32-/m1/s1. The molecule has 2 heterocycles. The first-order chi connectivity index (χ1) is 22.6. The Labute approximate surface area is 285 Å². The molecule has 4 aromatic rings. The lowest BCUT2D eigenvalue weighted by Gasteiger charge is -2.26. The summed E-state index contributed by atoms with van der Waals surface area (Å²) in [6.45, 7) is 10.1. The van der Waals surface area contributed by atoms with Crippen molar-refractivity contribution in [3.63, 3.8) is 0 Å². The molecule has 11 heteroatoms. The Morgan fingerprint density at radius 1 is 1.09 bits per heavy atom. The summed E-state index contributed by atoms with van der Waals surface area (Å²) in [6, 6.07) is 19.6. The number of esters is 1. The highest BCUT2D eigenvalue weighted by atomic mass is 79.9. The molecular weight excluding hydrogens is 682 g/mol. The lowest BCUT2D eigenvalue weighted by molar-refractivity contribution is -0.139. The minimum absolute atomic E-state index is 0.128. The lowest BCUT2D eigenvalue weighted by atomic mass is 9.95. The van der Waals surface area contributed by atoms with Crippen LogP contribution in [0.3, 0.4) is 0 Å². The number of fused-ring (bicyclic) bond motifs is 1. The number of aromatic nitrogens is 1. The average molecular weight is 717 g/mol. The van der Waals surface area contributed by atoms with Crippen LogP contribution in [0, 0.1) is 11.3 Å². The largest absolute Gasteiger partial charge is 0.491 e. The Morgan fingerprint density at radius 3 is 2.51 bits per heavy atom. The zero-order valence-corrected chi connectivity index (χ0v) is 29.1. The molecule has 0 saturated heterocycles. The Balaban J connectivity index is 1.60. The third kappa shape index (κ3) is 7.34. The van der Waals surface area contributed by atoms with Crippen molar-refractivity contribution in [3.8, 4) is 23.3 Å². The van der Waals surface area contributed by atoms with Crippen molar-refractivity contribution in [1.29, 1.82) is 5.26 Å². The Morgan fingerprint density at radius 2 is 1.83 bits per heavy atom. The number of benzene rings is 3. The molecule has 0 N–H and O–H groups in total. The second-order valence-electron chi connectivity index (χ2n) is 10.9. The predicted molar refractivity (Wildman–Crippen MR) is 183 cm³/mol. The van der Waals surface area contributed by atoms with Crippen molar-refractivity contribution in [1.82, 2.24) is 4.57 Å². The van der Waals surface area contributed by atoms with E-state index in [1.54, 1.807) is 36.6 Å². The van der Waals surface area contributed by atoms with Crippen molar-refractivity contribution in [2.45, 2.75) is 53.4 Å². The summed E-state index contributed by atoms with van der Waals surface area (Å²) in [6.07, 6.45) is 1.65. The number of hydrogen-bond acceptors (Lipinski definition) is 9. The molecule has 1 aromatic heterocycles. The van der Waals surface area contributed by atoms with E-state index in [0.717, 1.165) is 5.56 Å². The number of ether oxygens (including phenoxy) is 4. The molecule has 0 bridgehead atoms. The van der Waals surface area contributed by atoms with Gasteiger partial charge < -0.3 is 18.9 Å². The topological polar surface area (TPSA) is 112 Å². The van der Waals surface area contributed by atoms with Crippen LogP contribution < -0.4 is 29.1 Å². The Hall–Kier alpha value is -4.66. The molecule has 47 heavy (non-hydrogen) atoms.